The molecule has 0 aromatic carbocycles. The number of rotatable bonds is 2. The monoisotopic (exact) mass is 296 g/mol. The van der Waals surface area contributed by atoms with Crippen molar-refractivity contribution in [1.82, 2.24) is 9.97 Å². The van der Waals surface area contributed by atoms with Gasteiger partial charge in [-0.1, -0.05) is 32.4 Å². The molecule has 2 heterocycles. The van der Waals surface area contributed by atoms with Crippen molar-refractivity contribution in [2.45, 2.75) is 40.0 Å². The number of hydrogen-bond acceptors (Lipinski definition) is 4. The van der Waals surface area contributed by atoms with E-state index in [4.69, 9.17) is 11.6 Å². The molecule has 0 radical (unpaired) electrons. The van der Waals surface area contributed by atoms with Gasteiger partial charge in [0.05, 0.1) is 6.20 Å². The number of nitrogens with zero attached hydrogens (tertiary/aromatic N) is 3. The quantitative estimate of drug-likeness (QED) is 0.900. The van der Waals surface area contributed by atoms with Gasteiger partial charge in [-0.25, -0.2) is 4.98 Å². The number of hydrogen-bond donors (Lipinski definition) is 1. The summed E-state index contributed by atoms with van der Waals surface area (Å²) in [5.74, 6) is 2.25. The summed E-state index contributed by atoms with van der Waals surface area (Å²) in [6.07, 6.45) is 5.35. The normalized spacial score (nSPS) is 20.6. The molecule has 0 amide bonds. The third-order valence-electron chi connectivity index (χ3n) is 4.20. The van der Waals surface area contributed by atoms with Crippen molar-refractivity contribution in [2.24, 2.45) is 11.3 Å². The molecule has 1 unspecified atom stereocenters. The van der Waals surface area contributed by atoms with Gasteiger partial charge in [0.25, 0.3) is 0 Å². The molecule has 0 bridgehead atoms. The number of nitrogens with one attached hydrogen (secondary N) is 1. The van der Waals surface area contributed by atoms with E-state index >= 15 is 0 Å². The van der Waals surface area contributed by atoms with E-state index in [1.165, 1.54) is 19.3 Å². The van der Waals surface area contributed by atoms with Crippen LogP contribution in [-0.4, -0.2) is 30.1 Å². The molecule has 1 aliphatic heterocycles. The first-order valence-electron chi connectivity index (χ1n) is 7.37. The third-order valence-corrected chi connectivity index (χ3v) is 4.47. The van der Waals surface area contributed by atoms with Crippen LogP contribution in [0.25, 0.3) is 0 Å². The Labute approximate surface area is 126 Å². The van der Waals surface area contributed by atoms with Gasteiger partial charge in [0.2, 0.25) is 5.95 Å². The molecule has 1 N–H and O–H groups in total. The van der Waals surface area contributed by atoms with Crippen LogP contribution in [0.2, 0.25) is 5.02 Å². The summed E-state index contributed by atoms with van der Waals surface area (Å²) >= 11 is 6.27. The Bertz CT molecular complexity index is 456. The van der Waals surface area contributed by atoms with Crippen molar-refractivity contribution in [3.63, 3.8) is 0 Å². The van der Waals surface area contributed by atoms with Gasteiger partial charge in [-0.15, -0.1) is 0 Å². The fourth-order valence-electron chi connectivity index (χ4n) is 2.87. The van der Waals surface area contributed by atoms with Crippen LogP contribution in [0.1, 0.15) is 40.0 Å². The second kappa shape index (κ2) is 6.17. The molecule has 1 aliphatic rings. The van der Waals surface area contributed by atoms with Crippen LogP contribution in [0.3, 0.4) is 0 Å². The second-order valence-electron chi connectivity index (χ2n) is 6.60. The molecular weight excluding hydrogens is 272 g/mol. The third kappa shape index (κ3) is 3.54. The SMILES string of the molecule is CNc1ncc(Cl)c(N2CCCC(C(C)(C)C)CC2)n1. The molecule has 1 fully saturated rings. The molecular formula is C15H25ClN4. The minimum Gasteiger partial charge on any atom is -0.357 e. The summed E-state index contributed by atoms with van der Waals surface area (Å²) in [6, 6.07) is 0. The first kappa shape index (κ1) is 15.4. The van der Waals surface area contributed by atoms with Crippen LogP contribution in [0.4, 0.5) is 11.8 Å². The van der Waals surface area contributed by atoms with E-state index < -0.39 is 0 Å². The highest BCUT2D eigenvalue weighted by Gasteiger charge is 2.28. The summed E-state index contributed by atoms with van der Waals surface area (Å²) in [6.45, 7) is 9.05. The van der Waals surface area contributed by atoms with Crippen molar-refractivity contribution in [3.05, 3.63) is 11.2 Å². The maximum absolute atomic E-state index is 6.27. The Morgan fingerprint density at radius 1 is 1.30 bits per heavy atom. The van der Waals surface area contributed by atoms with Gasteiger partial charge >= 0.3 is 0 Å². The van der Waals surface area contributed by atoms with Crippen LogP contribution in [0.15, 0.2) is 6.20 Å². The summed E-state index contributed by atoms with van der Waals surface area (Å²) in [5.41, 5.74) is 0.377. The maximum Gasteiger partial charge on any atom is 0.224 e. The molecule has 1 saturated heterocycles. The van der Waals surface area contributed by atoms with E-state index in [2.05, 4.69) is 41.0 Å². The van der Waals surface area contributed by atoms with Crippen molar-refractivity contribution in [2.75, 3.05) is 30.4 Å². The van der Waals surface area contributed by atoms with E-state index in [9.17, 15) is 0 Å². The summed E-state index contributed by atoms with van der Waals surface area (Å²) in [7, 11) is 1.82. The van der Waals surface area contributed by atoms with Crippen molar-refractivity contribution in [3.8, 4) is 0 Å². The van der Waals surface area contributed by atoms with Crippen molar-refractivity contribution >= 4 is 23.4 Å². The molecule has 2 rings (SSSR count). The maximum atomic E-state index is 6.27. The molecule has 0 aliphatic carbocycles. The van der Waals surface area contributed by atoms with Gasteiger partial charge in [-0.2, -0.15) is 4.98 Å². The fraction of sp³-hybridized carbons (Fsp3) is 0.733. The molecule has 20 heavy (non-hydrogen) atoms. The zero-order valence-corrected chi connectivity index (χ0v) is 13.7. The smallest absolute Gasteiger partial charge is 0.224 e. The second-order valence-corrected chi connectivity index (χ2v) is 7.00. The largest absolute Gasteiger partial charge is 0.357 e. The Kier molecular flexibility index (Phi) is 4.74. The highest BCUT2D eigenvalue weighted by atomic mass is 35.5. The Morgan fingerprint density at radius 2 is 2.05 bits per heavy atom. The zero-order valence-electron chi connectivity index (χ0n) is 12.9. The van der Waals surface area contributed by atoms with E-state index in [1.807, 2.05) is 7.05 Å². The Morgan fingerprint density at radius 3 is 2.70 bits per heavy atom. The molecule has 1 atom stereocenters. The van der Waals surface area contributed by atoms with Gasteiger partial charge in [0.1, 0.15) is 5.02 Å². The molecule has 112 valence electrons. The first-order valence-corrected chi connectivity index (χ1v) is 7.75. The minimum absolute atomic E-state index is 0.377. The standard InChI is InChI=1S/C15H25ClN4/c1-15(2,3)11-6-5-8-20(9-7-11)13-12(16)10-18-14(17-4)19-13/h10-11H,5-9H2,1-4H3,(H,17,18,19). The lowest BCUT2D eigenvalue weighted by Crippen LogP contribution is -2.27. The minimum atomic E-state index is 0.377. The first-order chi connectivity index (χ1) is 9.41. The Balaban J connectivity index is 2.14. The predicted octanol–water partition coefficient (Wildman–Crippen LogP) is 3.82. The molecule has 1 aromatic rings. The van der Waals surface area contributed by atoms with Crippen LogP contribution in [0, 0.1) is 11.3 Å². The molecule has 5 heteroatoms. The molecule has 1 aromatic heterocycles. The predicted molar refractivity (Wildman–Crippen MR) is 85.6 cm³/mol. The lowest BCUT2D eigenvalue weighted by atomic mass is 9.77. The lowest BCUT2D eigenvalue weighted by Gasteiger charge is -2.30. The van der Waals surface area contributed by atoms with E-state index in [1.54, 1.807) is 6.20 Å². The van der Waals surface area contributed by atoms with Gasteiger partial charge in [0, 0.05) is 20.1 Å². The van der Waals surface area contributed by atoms with Crippen molar-refractivity contribution < 1.29 is 0 Å². The van der Waals surface area contributed by atoms with E-state index in [-0.39, 0.29) is 0 Å². The Hall–Kier alpha value is -1.03. The lowest BCUT2D eigenvalue weighted by molar-refractivity contribution is 0.220. The van der Waals surface area contributed by atoms with Gasteiger partial charge < -0.3 is 10.2 Å². The highest BCUT2D eigenvalue weighted by molar-refractivity contribution is 6.32. The molecule has 0 saturated carbocycles. The summed E-state index contributed by atoms with van der Waals surface area (Å²) in [4.78, 5) is 11.0. The van der Waals surface area contributed by atoms with Gasteiger partial charge in [-0.05, 0) is 30.6 Å². The summed E-state index contributed by atoms with van der Waals surface area (Å²) in [5, 5.41) is 3.61. The number of aromatic nitrogens is 2. The fourth-order valence-corrected chi connectivity index (χ4v) is 3.09. The number of halogens is 1. The summed E-state index contributed by atoms with van der Waals surface area (Å²) < 4.78 is 0. The highest BCUT2D eigenvalue weighted by Crippen LogP contribution is 2.36. The topological polar surface area (TPSA) is 41.1 Å². The van der Waals surface area contributed by atoms with Crippen LogP contribution in [-0.2, 0) is 0 Å². The average Bonchev–Trinajstić information content (AvgIpc) is 2.64. The van der Waals surface area contributed by atoms with Crippen LogP contribution >= 0.6 is 11.6 Å². The van der Waals surface area contributed by atoms with Crippen LogP contribution < -0.4 is 10.2 Å². The van der Waals surface area contributed by atoms with Crippen LogP contribution in [0.5, 0.6) is 0 Å². The van der Waals surface area contributed by atoms with Gasteiger partial charge in [-0.3, -0.25) is 0 Å². The van der Waals surface area contributed by atoms with E-state index in [0.29, 0.717) is 16.4 Å². The van der Waals surface area contributed by atoms with Gasteiger partial charge in [0.15, 0.2) is 5.82 Å². The van der Waals surface area contributed by atoms with E-state index in [0.717, 1.165) is 24.8 Å². The number of anilines is 2. The van der Waals surface area contributed by atoms with Crippen molar-refractivity contribution in [1.29, 1.82) is 0 Å². The molecule has 4 nitrogen and oxygen atoms in total. The zero-order chi connectivity index (χ0) is 14.8. The average molecular weight is 297 g/mol. The molecule has 0 spiro atoms.